The first-order chi connectivity index (χ1) is 14.9. The summed E-state index contributed by atoms with van der Waals surface area (Å²) in [7, 11) is -4.11. The highest BCUT2D eigenvalue weighted by Gasteiger charge is 2.31. The number of halogens is 2. The van der Waals surface area contributed by atoms with Gasteiger partial charge in [0.05, 0.1) is 5.69 Å². The van der Waals surface area contributed by atoms with Crippen molar-refractivity contribution in [2.24, 2.45) is 0 Å². The van der Waals surface area contributed by atoms with Gasteiger partial charge < -0.3 is 4.90 Å². The number of anilines is 1. The quantitative estimate of drug-likeness (QED) is 0.603. The van der Waals surface area contributed by atoms with E-state index >= 15 is 0 Å². The summed E-state index contributed by atoms with van der Waals surface area (Å²) in [5, 5.41) is 8.59. The second-order valence-electron chi connectivity index (χ2n) is 7.29. The fourth-order valence-corrected chi connectivity index (χ4v) is 5.03. The van der Waals surface area contributed by atoms with Crippen molar-refractivity contribution < 1.29 is 17.2 Å². The first-order valence-electron chi connectivity index (χ1n) is 10.0. The lowest BCUT2D eigenvalue weighted by molar-refractivity contribution is 0.380. The van der Waals surface area contributed by atoms with Gasteiger partial charge in [0.2, 0.25) is 10.0 Å². The Hall–Kier alpha value is -2.91. The first-order valence-corrected chi connectivity index (χ1v) is 11.5. The van der Waals surface area contributed by atoms with Gasteiger partial charge in [-0.25, -0.2) is 17.2 Å². The van der Waals surface area contributed by atoms with E-state index in [9.17, 15) is 17.2 Å². The molecule has 1 saturated heterocycles. The summed E-state index contributed by atoms with van der Waals surface area (Å²) in [6, 6.07) is 14.3. The molecule has 0 unspecified atom stereocenters. The number of benzene rings is 2. The van der Waals surface area contributed by atoms with Crippen LogP contribution in [0.3, 0.4) is 0 Å². The molecule has 1 aliphatic rings. The molecule has 6 nitrogen and oxygen atoms in total. The van der Waals surface area contributed by atoms with Crippen LogP contribution in [0.25, 0.3) is 11.3 Å². The zero-order chi connectivity index (χ0) is 22.0. The van der Waals surface area contributed by atoms with Crippen LogP contribution in [0.1, 0.15) is 12.5 Å². The predicted octanol–water partition coefficient (Wildman–Crippen LogP) is 3.50. The summed E-state index contributed by atoms with van der Waals surface area (Å²) < 4.78 is 54.0. The van der Waals surface area contributed by atoms with Crippen molar-refractivity contribution in [2.75, 3.05) is 31.1 Å². The van der Waals surface area contributed by atoms with Gasteiger partial charge in [-0.2, -0.15) is 4.31 Å². The Labute approximate surface area is 180 Å². The van der Waals surface area contributed by atoms with Gasteiger partial charge in [0.1, 0.15) is 16.5 Å². The van der Waals surface area contributed by atoms with Gasteiger partial charge >= 0.3 is 0 Å². The number of aromatic nitrogens is 2. The van der Waals surface area contributed by atoms with Gasteiger partial charge in [-0.15, -0.1) is 10.2 Å². The lowest BCUT2D eigenvalue weighted by atomic mass is 10.1. The molecule has 0 atom stereocenters. The molecule has 1 aromatic heterocycles. The highest BCUT2D eigenvalue weighted by atomic mass is 32.2. The van der Waals surface area contributed by atoms with E-state index < -0.39 is 26.6 Å². The lowest BCUT2D eigenvalue weighted by Gasteiger charge is -2.34. The van der Waals surface area contributed by atoms with Crippen molar-refractivity contribution in [3.63, 3.8) is 0 Å². The average Bonchev–Trinajstić information content (AvgIpc) is 2.81. The highest BCUT2D eigenvalue weighted by Crippen LogP contribution is 2.24. The molecule has 0 radical (unpaired) electrons. The second kappa shape index (κ2) is 8.68. The van der Waals surface area contributed by atoms with Crippen LogP contribution >= 0.6 is 0 Å². The minimum Gasteiger partial charge on any atom is -0.352 e. The van der Waals surface area contributed by atoms with Crippen LogP contribution < -0.4 is 4.90 Å². The standard InChI is InChI=1S/C22H22F2N4O2S/c1-2-16-3-5-17(6-4-16)20-9-10-22(26-25-20)27-11-13-28(14-12-27)31(29,30)21-15-18(23)7-8-19(21)24/h3-10,15H,2,11-14H2,1H3. The van der Waals surface area contributed by atoms with Crippen LogP contribution in [0.5, 0.6) is 0 Å². The van der Waals surface area contributed by atoms with Crippen molar-refractivity contribution in [2.45, 2.75) is 18.2 Å². The summed E-state index contributed by atoms with van der Waals surface area (Å²) in [6.07, 6.45) is 0.971. The zero-order valence-electron chi connectivity index (χ0n) is 17.0. The van der Waals surface area contributed by atoms with E-state index in [0.29, 0.717) is 25.0 Å². The zero-order valence-corrected chi connectivity index (χ0v) is 17.8. The Bertz CT molecular complexity index is 1160. The smallest absolute Gasteiger partial charge is 0.246 e. The third kappa shape index (κ3) is 4.42. The van der Waals surface area contributed by atoms with Crippen LogP contribution in [0.15, 0.2) is 59.5 Å². The number of aryl methyl sites for hydroxylation is 1. The molecule has 162 valence electrons. The maximum absolute atomic E-state index is 14.0. The van der Waals surface area contributed by atoms with E-state index in [1.165, 1.54) is 9.87 Å². The third-order valence-electron chi connectivity index (χ3n) is 5.38. The number of sulfonamides is 1. The molecule has 2 aromatic carbocycles. The van der Waals surface area contributed by atoms with E-state index in [-0.39, 0.29) is 13.1 Å². The Kier molecular flexibility index (Phi) is 5.97. The molecule has 0 bridgehead atoms. The summed E-state index contributed by atoms with van der Waals surface area (Å²) in [4.78, 5) is 1.28. The van der Waals surface area contributed by atoms with Crippen LogP contribution in [0.2, 0.25) is 0 Å². The molecule has 0 spiro atoms. The molecule has 0 aliphatic carbocycles. The number of hydrogen-bond donors (Lipinski definition) is 0. The Morgan fingerprint density at radius 1 is 0.903 bits per heavy atom. The van der Waals surface area contributed by atoms with Crippen LogP contribution in [-0.4, -0.2) is 49.1 Å². The van der Waals surface area contributed by atoms with E-state index in [4.69, 9.17) is 0 Å². The largest absolute Gasteiger partial charge is 0.352 e. The molecule has 0 N–H and O–H groups in total. The molecular weight excluding hydrogens is 422 g/mol. The molecule has 3 aromatic rings. The maximum atomic E-state index is 14.0. The lowest BCUT2D eigenvalue weighted by Crippen LogP contribution is -2.49. The summed E-state index contributed by atoms with van der Waals surface area (Å²) in [5.41, 5.74) is 2.98. The van der Waals surface area contributed by atoms with Gasteiger partial charge in [-0.1, -0.05) is 31.2 Å². The van der Waals surface area contributed by atoms with Crippen LogP contribution in [0, 0.1) is 11.6 Å². The molecular formula is C22H22F2N4O2S. The van der Waals surface area contributed by atoms with E-state index in [1.54, 1.807) is 0 Å². The fourth-order valence-electron chi connectivity index (χ4n) is 3.53. The fraction of sp³-hybridized carbons (Fsp3) is 0.273. The number of rotatable bonds is 5. The molecule has 9 heteroatoms. The first kappa shape index (κ1) is 21.3. The normalized spacial score (nSPS) is 15.3. The van der Waals surface area contributed by atoms with Crippen molar-refractivity contribution in [1.82, 2.24) is 14.5 Å². The molecule has 0 amide bonds. The topological polar surface area (TPSA) is 66.4 Å². The average molecular weight is 445 g/mol. The molecule has 0 saturated carbocycles. The maximum Gasteiger partial charge on any atom is 0.246 e. The van der Waals surface area contributed by atoms with Gasteiger partial charge in [-0.05, 0) is 42.3 Å². The minimum absolute atomic E-state index is 0.139. The monoisotopic (exact) mass is 444 g/mol. The van der Waals surface area contributed by atoms with Gasteiger partial charge in [-0.3, -0.25) is 0 Å². The summed E-state index contributed by atoms with van der Waals surface area (Å²) in [5.74, 6) is -1.11. The van der Waals surface area contributed by atoms with Crippen molar-refractivity contribution in [3.8, 4) is 11.3 Å². The van der Waals surface area contributed by atoms with E-state index in [1.807, 2.05) is 29.2 Å². The van der Waals surface area contributed by atoms with Gasteiger partial charge in [0.25, 0.3) is 0 Å². The van der Waals surface area contributed by atoms with Crippen LogP contribution in [0.4, 0.5) is 14.6 Å². The summed E-state index contributed by atoms with van der Waals surface area (Å²) in [6.45, 7) is 3.12. The van der Waals surface area contributed by atoms with E-state index in [2.05, 4.69) is 29.3 Å². The number of nitrogens with zero attached hydrogens (tertiary/aromatic N) is 4. The molecule has 4 rings (SSSR count). The van der Waals surface area contributed by atoms with Gasteiger partial charge in [0, 0.05) is 31.7 Å². The second-order valence-corrected chi connectivity index (χ2v) is 9.20. The molecule has 1 aliphatic heterocycles. The Morgan fingerprint density at radius 2 is 1.61 bits per heavy atom. The van der Waals surface area contributed by atoms with Crippen LogP contribution in [-0.2, 0) is 16.4 Å². The molecule has 1 fully saturated rings. The SMILES string of the molecule is CCc1ccc(-c2ccc(N3CCN(S(=O)(=O)c4cc(F)ccc4F)CC3)nn2)cc1. The number of piperazine rings is 1. The van der Waals surface area contributed by atoms with Crippen molar-refractivity contribution in [1.29, 1.82) is 0 Å². The van der Waals surface area contributed by atoms with Gasteiger partial charge in [0.15, 0.2) is 5.82 Å². The third-order valence-corrected chi connectivity index (χ3v) is 7.30. The van der Waals surface area contributed by atoms with Crippen molar-refractivity contribution in [3.05, 3.63) is 71.8 Å². The minimum atomic E-state index is -4.11. The van der Waals surface area contributed by atoms with Crippen molar-refractivity contribution >= 4 is 15.8 Å². The highest BCUT2D eigenvalue weighted by molar-refractivity contribution is 7.89. The predicted molar refractivity (Wildman–Crippen MR) is 114 cm³/mol. The van der Waals surface area contributed by atoms with E-state index in [0.717, 1.165) is 29.8 Å². The number of hydrogen-bond acceptors (Lipinski definition) is 5. The Morgan fingerprint density at radius 3 is 2.23 bits per heavy atom. The summed E-state index contributed by atoms with van der Waals surface area (Å²) >= 11 is 0. The Balaban J connectivity index is 1.44. The molecule has 2 heterocycles. The molecule has 31 heavy (non-hydrogen) atoms.